The number of carbonyl (C=O) groups excluding carboxylic acids is 3. The van der Waals surface area contributed by atoms with Crippen LogP contribution in [-0.2, 0) is 19.1 Å². The van der Waals surface area contributed by atoms with Crippen molar-refractivity contribution in [3.63, 3.8) is 0 Å². The molecule has 5 aliphatic rings. The Bertz CT molecular complexity index is 1090. The Hall–Kier alpha value is -2.29. The lowest BCUT2D eigenvalue weighted by atomic mass is 9.73. The highest BCUT2D eigenvalue weighted by Gasteiger charge is 2.54. The normalized spacial score (nSPS) is 29.5. The molecule has 39 heavy (non-hydrogen) atoms. The van der Waals surface area contributed by atoms with Gasteiger partial charge in [-0.25, -0.2) is 0 Å². The Balaban J connectivity index is 1.34. The molecule has 0 bridgehead atoms. The molecule has 6 rings (SSSR count). The molecule has 1 aromatic carbocycles. The van der Waals surface area contributed by atoms with E-state index in [1.807, 2.05) is 13.0 Å². The first-order valence-electron chi connectivity index (χ1n) is 15.2. The maximum absolute atomic E-state index is 14.6. The second-order valence-corrected chi connectivity index (χ2v) is 12.3. The largest absolute Gasteiger partial charge is 0.374 e. The molecule has 2 N–H and O–H groups in total. The van der Waals surface area contributed by atoms with Crippen LogP contribution in [0, 0.1) is 5.92 Å². The minimum atomic E-state index is -0.618. The van der Waals surface area contributed by atoms with Gasteiger partial charge < -0.3 is 25.0 Å². The fourth-order valence-electron chi connectivity index (χ4n) is 7.79. The van der Waals surface area contributed by atoms with E-state index >= 15 is 0 Å². The number of carbonyl (C=O) groups is 3. The number of fused-ring (bicyclic) bond motifs is 1. The highest BCUT2D eigenvalue weighted by Crippen LogP contribution is 2.43. The number of Topliss-reactive ketones (excluding diaryl/α,β-unsaturated/α-hetero) is 1. The SMILES string of the molecule is CCO[C@H]1CN(C(=O)[C@H](c2cc(C3CCN(C4CC4)CC3)ccc2C(N)=O)C2CCCCC2)[C@@H]2C(=O)CO[C@H]12. The molecule has 1 aromatic rings. The maximum Gasteiger partial charge on any atom is 0.249 e. The van der Waals surface area contributed by atoms with Crippen molar-refractivity contribution >= 4 is 17.6 Å². The number of ether oxygens (including phenoxy) is 2. The van der Waals surface area contributed by atoms with E-state index in [1.54, 1.807) is 4.90 Å². The summed E-state index contributed by atoms with van der Waals surface area (Å²) < 4.78 is 11.7. The summed E-state index contributed by atoms with van der Waals surface area (Å²) in [5, 5.41) is 0. The molecule has 2 saturated carbocycles. The van der Waals surface area contributed by atoms with E-state index in [0.29, 0.717) is 24.6 Å². The number of primary amides is 1. The Morgan fingerprint density at radius 1 is 1.08 bits per heavy atom. The molecule has 212 valence electrons. The summed E-state index contributed by atoms with van der Waals surface area (Å²) in [5.41, 5.74) is 8.32. The van der Waals surface area contributed by atoms with Gasteiger partial charge in [-0.15, -0.1) is 0 Å². The molecular formula is C31H43N3O5. The van der Waals surface area contributed by atoms with Crippen LogP contribution >= 0.6 is 0 Å². The lowest BCUT2D eigenvalue weighted by Crippen LogP contribution is -2.46. The first kappa shape index (κ1) is 26.9. The van der Waals surface area contributed by atoms with Gasteiger partial charge in [0.05, 0.1) is 12.5 Å². The van der Waals surface area contributed by atoms with Crippen molar-refractivity contribution in [2.24, 2.45) is 11.7 Å². The van der Waals surface area contributed by atoms with Crippen LogP contribution < -0.4 is 5.73 Å². The zero-order chi connectivity index (χ0) is 27.1. The minimum Gasteiger partial charge on any atom is -0.374 e. The molecule has 0 unspecified atom stereocenters. The molecule has 2 amide bonds. The molecule has 0 aromatic heterocycles. The third-order valence-corrected chi connectivity index (χ3v) is 9.93. The van der Waals surface area contributed by atoms with Crippen molar-refractivity contribution in [1.82, 2.24) is 9.80 Å². The number of benzene rings is 1. The number of hydrogen-bond acceptors (Lipinski definition) is 6. The van der Waals surface area contributed by atoms with Crippen LogP contribution in [-0.4, -0.2) is 84.5 Å². The van der Waals surface area contributed by atoms with E-state index in [1.165, 1.54) is 18.4 Å². The second-order valence-electron chi connectivity index (χ2n) is 12.3. The zero-order valence-electron chi connectivity index (χ0n) is 23.2. The summed E-state index contributed by atoms with van der Waals surface area (Å²) in [4.78, 5) is 44.6. The number of nitrogens with zero attached hydrogens (tertiary/aromatic N) is 2. The number of rotatable bonds is 8. The first-order valence-corrected chi connectivity index (χ1v) is 15.2. The van der Waals surface area contributed by atoms with Gasteiger partial charge in [-0.2, -0.15) is 0 Å². The van der Waals surface area contributed by atoms with Crippen molar-refractivity contribution in [3.05, 3.63) is 34.9 Å². The highest BCUT2D eigenvalue weighted by molar-refractivity contribution is 5.99. The fraction of sp³-hybridized carbons (Fsp3) is 0.710. The molecule has 4 atom stereocenters. The van der Waals surface area contributed by atoms with Crippen molar-refractivity contribution in [1.29, 1.82) is 0 Å². The quantitative estimate of drug-likeness (QED) is 0.546. The van der Waals surface area contributed by atoms with Crippen LogP contribution in [0.15, 0.2) is 18.2 Å². The summed E-state index contributed by atoms with van der Waals surface area (Å²) >= 11 is 0. The zero-order valence-corrected chi connectivity index (χ0v) is 23.2. The van der Waals surface area contributed by atoms with E-state index in [2.05, 4.69) is 17.0 Å². The highest BCUT2D eigenvalue weighted by atomic mass is 16.6. The molecular weight excluding hydrogens is 494 g/mol. The van der Waals surface area contributed by atoms with Crippen LogP contribution in [0.1, 0.15) is 98.0 Å². The number of piperidine rings is 1. The predicted octanol–water partition coefficient (Wildman–Crippen LogP) is 3.38. The fourth-order valence-corrected chi connectivity index (χ4v) is 7.79. The van der Waals surface area contributed by atoms with Crippen molar-refractivity contribution in [3.8, 4) is 0 Å². The molecule has 8 nitrogen and oxygen atoms in total. The van der Waals surface area contributed by atoms with E-state index in [4.69, 9.17) is 15.2 Å². The van der Waals surface area contributed by atoms with Gasteiger partial charge >= 0.3 is 0 Å². The van der Waals surface area contributed by atoms with Crippen LogP contribution in [0.2, 0.25) is 0 Å². The first-order chi connectivity index (χ1) is 19.0. The van der Waals surface area contributed by atoms with Gasteiger partial charge in [-0.1, -0.05) is 31.4 Å². The van der Waals surface area contributed by atoms with Gasteiger partial charge in [0.2, 0.25) is 11.8 Å². The summed E-state index contributed by atoms with van der Waals surface area (Å²) in [6, 6.07) is 6.18. The Morgan fingerprint density at radius 2 is 1.82 bits per heavy atom. The van der Waals surface area contributed by atoms with Gasteiger partial charge in [-0.3, -0.25) is 14.4 Å². The third-order valence-electron chi connectivity index (χ3n) is 9.93. The van der Waals surface area contributed by atoms with Crippen LogP contribution in [0.3, 0.4) is 0 Å². The van der Waals surface area contributed by atoms with E-state index in [9.17, 15) is 14.4 Å². The van der Waals surface area contributed by atoms with Gasteiger partial charge in [-0.05, 0) is 87.6 Å². The predicted molar refractivity (Wildman–Crippen MR) is 147 cm³/mol. The third kappa shape index (κ3) is 5.27. The maximum atomic E-state index is 14.6. The summed E-state index contributed by atoms with van der Waals surface area (Å²) in [5.74, 6) is -0.635. The number of nitrogens with two attached hydrogens (primary N) is 1. The number of ketones is 1. The standard InChI is InChI=1S/C31H43N3O5/c1-2-38-26-17-34(28-25(35)18-39-29(26)28)31(37)27(20-6-4-3-5-7-20)24-16-21(8-11-23(24)30(32)36)19-12-14-33(15-13-19)22-9-10-22/h8,11,16,19-20,22,26-29H,2-7,9-10,12-15,17-18H2,1H3,(H2,32,36)/t26-,27-,28+,29+/m0/s1. The van der Waals surface area contributed by atoms with Gasteiger partial charge in [0, 0.05) is 18.2 Å². The van der Waals surface area contributed by atoms with Crippen LogP contribution in [0.5, 0.6) is 0 Å². The number of amides is 2. The van der Waals surface area contributed by atoms with E-state index in [-0.39, 0.29) is 30.3 Å². The Labute approximate surface area is 231 Å². The second kappa shape index (κ2) is 11.3. The van der Waals surface area contributed by atoms with Crippen molar-refractivity contribution < 1.29 is 23.9 Å². The van der Waals surface area contributed by atoms with Gasteiger partial charge in [0.25, 0.3) is 0 Å². The minimum absolute atomic E-state index is 0.0123. The van der Waals surface area contributed by atoms with Crippen molar-refractivity contribution in [2.75, 3.05) is 32.8 Å². The molecule has 2 aliphatic carbocycles. The average molecular weight is 538 g/mol. The van der Waals surface area contributed by atoms with E-state index in [0.717, 1.165) is 69.6 Å². The number of likely N-dealkylation sites (tertiary alicyclic amines) is 2. The smallest absolute Gasteiger partial charge is 0.249 e. The molecule has 3 heterocycles. The van der Waals surface area contributed by atoms with Crippen molar-refractivity contribution in [2.45, 2.75) is 101 Å². The lowest BCUT2D eigenvalue weighted by molar-refractivity contribution is -0.139. The summed E-state index contributed by atoms with van der Waals surface area (Å²) in [6.45, 7) is 4.96. The molecule has 0 spiro atoms. The lowest BCUT2D eigenvalue weighted by Gasteiger charge is -2.36. The topological polar surface area (TPSA) is 102 Å². The molecule has 3 saturated heterocycles. The molecule has 5 fully saturated rings. The summed E-state index contributed by atoms with van der Waals surface area (Å²) in [6.07, 6.45) is 9.23. The van der Waals surface area contributed by atoms with Gasteiger partial charge in [0.1, 0.15) is 24.9 Å². The molecule has 8 heteroatoms. The summed E-state index contributed by atoms with van der Waals surface area (Å²) in [7, 11) is 0. The number of hydrogen-bond donors (Lipinski definition) is 1. The van der Waals surface area contributed by atoms with E-state index < -0.39 is 24.0 Å². The molecule has 0 radical (unpaired) electrons. The van der Waals surface area contributed by atoms with Crippen LogP contribution in [0.4, 0.5) is 0 Å². The van der Waals surface area contributed by atoms with Gasteiger partial charge in [0.15, 0.2) is 5.78 Å². The molecule has 3 aliphatic heterocycles. The Kier molecular flexibility index (Phi) is 7.79. The Morgan fingerprint density at radius 3 is 2.49 bits per heavy atom. The monoisotopic (exact) mass is 537 g/mol. The van der Waals surface area contributed by atoms with Crippen LogP contribution in [0.25, 0.3) is 0 Å². The average Bonchev–Trinajstić information content (AvgIpc) is 3.64.